The monoisotopic (exact) mass is 218 g/mol. The van der Waals surface area contributed by atoms with Crippen LogP contribution in [0.2, 0.25) is 0 Å². The van der Waals surface area contributed by atoms with E-state index in [0.29, 0.717) is 12.1 Å². The summed E-state index contributed by atoms with van der Waals surface area (Å²) in [4.78, 5) is 2.54. The smallest absolute Gasteiger partial charge is 0.0368 e. The second-order valence-corrected chi connectivity index (χ2v) is 4.65. The van der Waals surface area contributed by atoms with Gasteiger partial charge in [0.15, 0.2) is 0 Å². The molecule has 1 aliphatic heterocycles. The maximum Gasteiger partial charge on any atom is 0.0368 e. The molecule has 0 bridgehead atoms. The van der Waals surface area contributed by atoms with Crippen molar-refractivity contribution in [2.75, 3.05) is 18.0 Å². The van der Waals surface area contributed by atoms with Gasteiger partial charge in [0.05, 0.1) is 0 Å². The van der Waals surface area contributed by atoms with Crippen molar-refractivity contribution in [3.05, 3.63) is 30.3 Å². The number of hydrogen-bond acceptors (Lipinski definition) is 2. The van der Waals surface area contributed by atoms with Crippen LogP contribution in [-0.2, 0) is 0 Å². The molecule has 2 rings (SSSR count). The van der Waals surface area contributed by atoms with Gasteiger partial charge in [-0.1, -0.05) is 18.2 Å². The third-order valence-electron chi connectivity index (χ3n) is 3.47. The fourth-order valence-electron chi connectivity index (χ4n) is 2.66. The summed E-state index contributed by atoms with van der Waals surface area (Å²) in [5.41, 5.74) is 1.36. The molecule has 0 aromatic heterocycles. The molecule has 0 saturated carbocycles. The van der Waals surface area contributed by atoms with Gasteiger partial charge in [0.1, 0.15) is 0 Å². The van der Waals surface area contributed by atoms with Gasteiger partial charge in [-0.3, -0.25) is 0 Å². The molecule has 1 saturated heterocycles. The van der Waals surface area contributed by atoms with E-state index in [9.17, 15) is 0 Å². The molecule has 1 N–H and O–H groups in total. The topological polar surface area (TPSA) is 15.3 Å². The molecular formula is C14H22N2. The Kier molecular flexibility index (Phi) is 3.83. The van der Waals surface area contributed by atoms with Crippen molar-refractivity contribution in [1.82, 2.24) is 5.32 Å². The molecule has 1 aromatic rings. The molecule has 16 heavy (non-hydrogen) atoms. The van der Waals surface area contributed by atoms with Gasteiger partial charge in [0, 0.05) is 24.3 Å². The van der Waals surface area contributed by atoms with Crippen LogP contribution in [0.15, 0.2) is 30.3 Å². The van der Waals surface area contributed by atoms with E-state index in [0.717, 1.165) is 13.1 Å². The van der Waals surface area contributed by atoms with Crippen molar-refractivity contribution < 1.29 is 0 Å². The number of rotatable bonds is 3. The molecule has 1 aromatic carbocycles. The van der Waals surface area contributed by atoms with Gasteiger partial charge >= 0.3 is 0 Å². The van der Waals surface area contributed by atoms with Crippen LogP contribution in [0.5, 0.6) is 0 Å². The Morgan fingerprint density at radius 2 is 2.06 bits per heavy atom. The summed E-state index contributed by atoms with van der Waals surface area (Å²) in [6.07, 6.45) is 2.51. The Morgan fingerprint density at radius 1 is 1.31 bits per heavy atom. The Balaban J connectivity index is 2.10. The molecule has 88 valence electrons. The van der Waals surface area contributed by atoms with E-state index < -0.39 is 0 Å². The zero-order chi connectivity index (χ0) is 11.4. The first kappa shape index (κ1) is 11.5. The maximum atomic E-state index is 3.52. The van der Waals surface area contributed by atoms with Crippen LogP contribution >= 0.6 is 0 Å². The first-order chi connectivity index (χ1) is 7.81. The van der Waals surface area contributed by atoms with Gasteiger partial charge in [-0.05, 0) is 45.4 Å². The molecule has 2 nitrogen and oxygen atoms in total. The highest BCUT2D eigenvalue weighted by Gasteiger charge is 2.23. The standard InChI is InChI=1S/C14H22N2/c1-3-16(13-7-5-4-6-8-13)14-9-10-15-12(2)11-14/h4-8,12,14-15H,3,9-11H2,1-2H3. The van der Waals surface area contributed by atoms with Gasteiger partial charge in [0.2, 0.25) is 0 Å². The van der Waals surface area contributed by atoms with E-state index in [2.05, 4.69) is 54.4 Å². The van der Waals surface area contributed by atoms with Gasteiger partial charge in [-0.2, -0.15) is 0 Å². The van der Waals surface area contributed by atoms with Crippen molar-refractivity contribution in [3.8, 4) is 0 Å². The second-order valence-electron chi connectivity index (χ2n) is 4.65. The number of para-hydroxylation sites is 1. The summed E-state index contributed by atoms with van der Waals surface area (Å²) >= 11 is 0. The largest absolute Gasteiger partial charge is 0.369 e. The van der Waals surface area contributed by atoms with Gasteiger partial charge in [-0.25, -0.2) is 0 Å². The van der Waals surface area contributed by atoms with Crippen LogP contribution in [0.1, 0.15) is 26.7 Å². The molecule has 2 heteroatoms. The van der Waals surface area contributed by atoms with Crippen molar-refractivity contribution in [1.29, 1.82) is 0 Å². The minimum atomic E-state index is 0.650. The third-order valence-corrected chi connectivity index (χ3v) is 3.47. The van der Waals surface area contributed by atoms with Crippen LogP contribution in [0.3, 0.4) is 0 Å². The lowest BCUT2D eigenvalue weighted by Gasteiger charge is -2.38. The number of piperidine rings is 1. The summed E-state index contributed by atoms with van der Waals surface area (Å²) in [5, 5.41) is 3.52. The maximum absolute atomic E-state index is 3.52. The summed E-state index contributed by atoms with van der Waals surface area (Å²) < 4.78 is 0. The predicted octanol–water partition coefficient (Wildman–Crippen LogP) is 2.65. The Bertz CT molecular complexity index is 310. The molecule has 0 aliphatic carbocycles. The Labute approximate surface area is 98.7 Å². The number of anilines is 1. The SMILES string of the molecule is CCN(c1ccccc1)C1CCNC(C)C1. The Morgan fingerprint density at radius 3 is 2.69 bits per heavy atom. The highest BCUT2D eigenvalue weighted by molar-refractivity contribution is 5.47. The first-order valence-corrected chi connectivity index (χ1v) is 6.36. The average Bonchev–Trinajstić information content (AvgIpc) is 2.31. The van der Waals surface area contributed by atoms with E-state index in [1.165, 1.54) is 18.5 Å². The Hall–Kier alpha value is -1.02. The van der Waals surface area contributed by atoms with Crippen molar-refractivity contribution in [2.45, 2.75) is 38.8 Å². The second kappa shape index (κ2) is 5.35. The number of nitrogens with zero attached hydrogens (tertiary/aromatic N) is 1. The highest BCUT2D eigenvalue weighted by Crippen LogP contribution is 2.22. The van der Waals surface area contributed by atoms with Crippen molar-refractivity contribution >= 4 is 5.69 Å². The molecule has 2 atom stereocenters. The van der Waals surface area contributed by atoms with Crippen LogP contribution in [0.25, 0.3) is 0 Å². The molecule has 1 heterocycles. The lowest BCUT2D eigenvalue weighted by Crippen LogP contribution is -2.47. The average molecular weight is 218 g/mol. The van der Waals surface area contributed by atoms with E-state index in [4.69, 9.17) is 0 Å². The van der Waals surface area contributed by atoms with Crippen LogP contribution < -0.4 is 10.2 Å². The molecule has 0 spiro atoms. The lowest BCUT2D eigenvalue weighted by molar-refractivity contribution is 0.365. The summed E-state index contributed by atoms with van der Waals surface area (Å²) in [6.45, 7) is 6.78. The van der Waals surface area contributed by atoms with E-state index in [1.807, 2.05) is 0 Å². The fourth-order valence-corrected chi connectivity index (χ4v) is 2.66. The van der Waals surface area contributed by atoms with Gasteiger partial charge in [0.25, 0.3) is 0 Å². The minimum absolute atomic E-state index is 0.650. The van der Waals surface area contributed by atoms with E-state index >= 15 is 0 Å². The summed E-state index contributed by atoms with van der Waals surface area (Å²) in [5.74, 6) is 0. The van der Waals surface area contributed by atoms with Crippen molar-refractivity contribution in [3.63, 3.8) is 0 Å². The minimum Gasteiger partial charge on any atom is -0.369 e. The first-order valence-electron chi connectivity index (χ1n) is 6.36. The highest BCUT2D eigenvalue weighted by atomic mass is 15.2. The van der Waals surface area contributed by atoms with Crippen LogP contribution in [-0.4, -0.2) is 25.2 Å². The molecule has 1 aliphatic rings. The number of hydrogen-bond donors (Lipinski definition) is 1. The zero-order valence-electron chi connectivity index (χ0n) is 10.3. The van der Waals surface area contributed by atoms with E-state index in [-0.39, 0.29) is 0 Å². The van der Waals surface area contributed by atoms with E-state index in [1.54, 1.807) is 0 Å². The third kappa shape index (κ3) is 2.56. The van der Waals surface area contributed by atoms with Crippen LogP contribution in [0.4, 0.5) is 5.69 Å². The van der Waals surface area contributed by atoms with Crippen LogP contribution in [0, 0.1) is 0 Å². The quantitative estimate of drug-likeness (QED) is 0.839. The number of nitrogens with one attached hydrogen (secondary N) is 1. The molecule has 1 fully saturated rings. The summed E-state index contributed by atoms with van der Waals surface area (Å²) in [6, 6.07) is 12.1. The van der Waals surface area contributed by atoms with Gasteiger partial charge < -0.3 is 10.2 Å². The predicted molar refractivity (Wildman–Crippen MR) is 69.9 cm³/mol. The molecular weight excluding hydrogens is 196 g/mol. The zero-order valence-corrected chi connectivity index (χ0v) is 10.3. The van der Waals surface area contributed by atoms with Crippen molar-refractivity contribution in [2.24, 2.45) is 0 Å². The summed E-state index contributed by atoms with van der Waals surface area (Å²) in [7, 11) is 0. The van der Waals surface area contributed by atoms with Gasteiger partial charge in [-0.15, -0.1) is 0 Å². The molecule has 2 unspecified atom stereocenters. The molecule has 0 amide bonds. The normalized spacial score (nSPS) is 25.4. The number of benzene rings is 1. The molecule has 0 radical (unpaired) electrons. The lowest BCUT2D eigenvalue weighted by atomic mass is 9.98. The fraction of sp³-hybridized carbons (Fsp3) is 0.571.